The monoisotopic (exact) mass is 477 g/mol. The number of hydrogen-bond donors (Lipinski definition) is 1. The third kappa shape index (κ3) is 6.03. The summed E-state index contributed by atoms with van der Waals surface area (Å²) in [4.78, 5) is 26.5. The van der Waals surface area contributed by atoms with E-state index in [4.69, 9.17) is 23.4 Å². The number of benzene rings is 1. The molecular weight excluding hydrogens is 442 g/mol. The maximum atomic E-state index is 13.4. The number of ether oxygens (including phenoxy) is 4. The molecule has 1 fully saturated rings. The van der Waals surface area contributed by atoms with Crippen molar-refractivity contribution in [2.45, 2.75) is 70.1 Å². The van der Waals surface area contributed by atoms with Crippen molar-refractivity contribution in [3.8, 4) is 0 Å². The molecular formula is C24H35NO7Si. The van der Waals surface area contributed by atoms with Gasteiger partial charge in [-0.15, -0.1) is 0 Å². The Morgan fingerprint density at radius 2 is 1.88 bits per heavy atom. The minimum Gasteiger partial charge on any atom is -0.467 e. The smallest absolute Gasteiger partial charge is 0.408 e. The summed E-state index contributed by atoms with van der Waals surface area (Å²) in [6, 6.07) is 9.34. The normalized spacial score (nSPS) is 28.8. The molecule has 0 aromatic heterocycles. The van der Waals surface area contributed by atoms with Gasteiger partial charge in [0.2, 0.25) is 0 Å². The zero-order chi connectivity index (χ0) is 24.3. The molecule has 9 heteroatoms. The van der Waals surface area contributed by atoms with Gasteiger partial charge in [-0.1, -0.05) is 42.5 Å². The van der Waals surface area contributed by atoms with Crippen LogP contribution in [0.1, 0.15) is 25.8 Å². The van der Waals surface area contributed by atoms with E-state index in [1.807, 2.05) is 76.0 Å². The standard InChI is InChI=1S/C24H35NO7Si/c1-23(2)30-16-19(31-23)18-13-10-14-20(32-33(4,5)6)24(18,21(26)28-3)25-22(27)29-15-17-11-8-7-9-12-17/h7-12,14,18-20H,13,15-16H2,1-6H3,(H,25,27)/t18-,19-,20?,24+/m1/s1. The number of alkyl carbamates (subject to hydrolysis) is 1. The van der Waals surface area contributed by atoms with Crippen LogP contribution in [0, 0.1) is 5.92 Å². The van der Waals surface area contributed by atoms with Gasteiger partial charge in [-0.05, 0) is 45.5 Å². The number of methoxy groups -OCH3 is 1. The first-order chi connectivity index (χ1) is 15.5. The highest BCUT2D eigenvalue weighted by atomic mass is 28.4. The molecule has 1 amide bonds. The summed E-state index contributed by atoms with van der Waals surface area (Å²) < 4.78 is 29.0. The highest BCUT2D eigenvalue weighted by Crippen LogP contribution is 2.41. The molecule has 0 bridgehead atoms. The van der Waals surface area contributed by atoms with Crippen molar-refractivity contribution in [3.63, 3.8) is 0 Å². The number of hydrogen-bond acceptors (Lipinski definition) is 7. The fraction of sp³-hybridized carbons (Fsp3) is 0.583. The fourth-order valence-electron chi connectivity index (χ4n) is 4.35. The van der Waals surface area contributed by atoms with Crippen molar-refractivity contribution < 1.29 is 33.0 Å². The zero-order valence-electron chi connectivity index (χ0n) is 20.3. The predicted octanol–water partition coefficient (Wildman–Crippen LogP) is 3.77. The highest BCUT2D eigenvalue weighted by molar-refractivity contribution is 6.69. The van der Waals surface area contributed by atoms with Crippen LogP contribution < -0.4 is 5.32 Å². The fourth-order valence-corrected chi connectivity index (χ4v) is 5.37. The second-order valence-corrected chi connectivity index (χ2v) is 14.3. The minimum absolute atomic E-state index is 0.0695. The molecule has 1 aromatic carbocycles. The van der Waals surface area contributed by atoms with E-state index in [9.17, 15) is 9.59 Å². The Labute approximate surface area is 196 Å². The molecule has 33 heavy (non-hydrogen) atoms. The SMILES string of the molecule is COC(=O)[C@@]1(NC(=O)OCc2ccccc2)C(O[Si](C)(C)C)C=CC[C@@H]1[C@H]1COC(C)(C)O1. The maximum absolute atomic E-state index is 13.4. The first kappa shape index (κ1) is 25.4. The quantitative estimate of drug-likeness (QED) is 0.363. The van der Waals surface area contributed by atoms with E-state index >= 15 is 0 Å². The van der Waals surface area contributed by atoms with Crippen LogP contribution in [0.4, 0.5) is 4.79 Å². The van der Waals surface area contributed by atoms with E-state index in [0.717, 1.165) is 5.56 Å². The van der Waals surface area contributed by atoms with Gasteiger partial charge in [0.05, 0.1) is 25.9 Å². The largest absolute Gasteiger partial charge is 0.467 e. The molecule has 1 aliphatic carbocycles. The van der Waals surface area contributed by atoms with Gasteiger partial charge in [-0.25, -0.2) is 9.59 Å². The highest BCUT2D eigenvalue weighted by Gasteiger charge is 2.60. The number of carbonyl (C=O) groups excluding carboxylic acids is 2. The summed E-state index contributed by atoms with van der Waals surface area (Å²) in [5.41, 5.74) is -0.699. The number of carbonyl (C=O) groups is 2. The van der Waals surface area contributed by atoms with Crippen molar-refractivity contribution in [1.82, 2.24) is 5.32 Å². The lowest BCUT2D eigenvalue weighted by Crippen LogP contribution is -2.71. The first-order valence-electron chi connectivity index (χ1n) is 11.2. The second kappa shape index (κ2) is 9.96. The Hall–Kier alpha value is -2.20. The summed E-state index contributed by atoms with van der Waals surface area (Å²) in [6.07, 6.45) is 2.33. The zero-order valence-corrected chi connectivity index (χ0v) is 21.3. The van der Waals surface area contributed by atoms with Gasteiger partial charge in [0, 0.05) is 5.92 Å². The Bertz CT molecular complexity index is 867. The van der Waals surface area contributed by atoms with Gasteiger partial charge in [0.25, 0.3) is 0 Å². The summed E-state index contributed by atoms with van der Waals surface area (Å²) in [7, 11) is -0.831. The van der Waals surface area contributed by atoms with Gasteiger partial charge in [0.15, 0.2) is 19.6 Å². The van der Waals surface area contributed by atoms with Crippen molar-refractivity contribution in [2.24, 2.45) is 5.92 Å². The molecule has 0 saturated carbocycles. The van der Waals surface area contributed by atoms with Crippen LogP contribution in [0.2, 0.25) is 19.6 Å². The lowest BCUT2D eigenvalue weighted by atomic mass is 9.71. The van der Waals surface area contributed by atoms with E-state index < -0.39 is 49.8 Å². The third-order valence-corrected chi connectivity index (χ3v) is 6.70. The van der Waals surface area contributed by atoms with Crippen LogP contribution in [-0.2, 0) is 34.8 Å². The van der Waals surface area contributed by atoms with E-state index in [1.54, 1.807) is 0 Å². The Morgan fingerprint density at radius 1 is 1.18 bits per heavy atom. The van der Waals surface area contributed by atoms with Gasteiger partial charge in [-0.2, -0.15) is 0 Å². The lowest BCUT2D eigenvalue weighted by Gasteiger charge is -2.47. The van der Waals surface area contributed by atoms with Crippen LogP contribution in [0.3, 0.4) is 0 Å². The Kier molecular flexibility index (Phi) is 7.68. The topological polar surface area (TPSA) is 92.3 Å². The molecule has 1 aliphatic heterocycles. The lowest BCUT2D eigenvalue weighted by molar-refractivity contribution is -0.169. The molecule has 0 radical (unpaired) electrons. The summed E-state index contributed by atoms with van der Waals surface area (Å²) in [5, 5.41) is 2.86. The van der Waals surface area contributed by atoms with Crippen LogP contribution in [-0.4, -0.2) is 57.6 Å². The number of esters is 1. The second-order valence-electron chi connectivity index (χ2n) is 9.84. The Morgan fingerprint density at radius 3 is 2.45 bits per heavy atom. The number of allylic oxidation sites excluding steroid dienone is 1. The van der Waals surface area contributed by atoms with E-state index in [0.29, 0.717) is 6.42 Å². The molecule has 2 aliphatic rings. The van der Waals surface area contributed by atoms with Crippen molar-refractivity contribution in [1.29, 1.82) is 0 Å². The number of nitrogens with one attached hydrogen (secondary N) is 1. The third-order valence-electron chi connectivity index (χ3n) is 5.74. The maximum Gasteiger partial charge on any atom is 0.408 e. The van der Waals surface area contributed by atoms with Gasteiger partial charge in [-0.3, -0.25) is 0 Å². The summed E-state index contributed by atoms with van der Waals surface area (Å²) >= 11 is 0. The van der Waals surface area contributed by atoms with Crippen LogP contribution in [0.25, 0.3) is 0 Å². The average molecular weight is 478 g/mol. The van der Waals surface area contributed by atoms with Gasteiger partial charge in [0.1, 0.15) is 6.61 Å². The molecule has 1 saturated heterocycles. The molecule has 1 heterocycles. The van der Waals surface area contributed by atoms with Crippen LogP contribution in [0.5, 0.6) is 0 Å². The Balaban J connectivity index is 1.94. The molecule has 0 spiro atoms. The van der Waals surface area contributed by atoms with Gasteiger partial charge >= 0.3 is 12.1 Å². The number of amides is 1. The average Bonchev–Trinajstić information content (AvgIpc) is 3.11. The van der Waals surface area contributed by atoms with Crippen LogP contribution >= 0.6 is 0 Å². The van der Waals surface area contributed by atoms with Crippen LogP contribution in [0.15, 0.2) is 42.5 Å². The molecule has 3 rings (SSSR count). The van der Waals surface area contributed by atoms with Crippen molar-refractivity contribution >= 4 is 20.4 Å². The molecule has 4 atom stereocenters. The molecule has 8 nitrogen and oxygen atoms in total. The van der Waals surface area contributed by atoms with Crippen molar-refractivity contribution in [2.75, 3.05) is 13.7 Å². The van der Waals surface area contributed by atoms with Crippen molar-refractivity contribution in [3.05, 3.63) is 48.0 Å². The van der Waals surface area contributed by atoms with E-state index in [2.05, 4.69) is 5.32 Å². The van der Waals surface area contributed by atoms with E-state index in [-0.39, 0.29) is 13.2 Å². The summed E-state index contributed by atoms with van der Waals surface area (Å²) in [6.45, 7) is 10.1. The molecule has 1 unspecified atom stereocenters. The first-order valence-corrected chi connectivity index (χ1v) is 14.6. The molecule has 1 N–H and O–H groups in total. The van der Waals surface area contributed by atoms with Gasteiger partial charge < -0.3 is 28.7 Å². The predicted molar refractivity (Wildman–Crippen MR) is 125 cm³/mol. The number of rotatable bonds is 7. The summed E-state index contributed by atoms with van der Waals surface area (Å²) in [5.74, 6) is -1.89. The molecule has 182 valence electrons. The van der Waals surface area contributed by atoms with E-state index in [1.165, 1.54) is 7.11 Å². The minimum atomic E-state index is -2.13. The molecule has 1 aromatic rings.